The lowest BCUT2D eigenvalue weighted by molar-refractivity contribution is -0.135. The molecule has 74 valence electrons. The van der Waals surface area contributed by atoms with Crippen LogP contribution in [0.15, 0.2) is 24.3 Å². The SMILES string of the molecule is O=C1CC(OCc2cccc(Cl)c2)C1. The van der Waals surface area contributed by atoms with Crippen molar-refractivity contribution in [2.24, 2.45) is 0 Å². The quantitative estimate of drug-likeness (QED) is 0.767. The van der Waals surface area contributed by atoms with Crippen LogP contribution in [-0.4, -0.2) is 11.9 Å². The van der Waals surface area contributed by atoms with Crippen molar-refractivity contribution in [1.29, 1.82) is 0 Å². The third kappa shape index (κ3) is 2.34. The summed E-state index contributed by atoms with van der Waals surface area (Å²) >= 11 is 5.82. The summed E-state index contributed by atoms with van der Waals surface area (Å²) in [5, 5.41) is 0.718. The lowest BCUT2D eigenvalue weighted by Gasteiger charge is -2.24. The van der Waals surface area contributed by atoms with Gasteiger partial charge in [0.2, 0.25) is 0 Å². The van der Waals surface area contributed by atoms with E-state index in [1.54, 1.807) is 0 Å². The van der Waals surface area contributed by atoms with Gasteiger partial charge in [-0.3, -0.25) is 4.79 Å². The Labute approximate surface area is 87.8 Å². The molecule has 0 N–H and O–H groups in total. The number of ether oxygens (including phenoxy) is 1. The number of halogens is 1. The van der Waals surface area contributed by atoms with Crippen LogP contribution in [0.25, 0.3) is 0 Å². The molecule has 14 heavy (non-hydrogen) atoms. The van der Waals surface area contributed by atoms with Gasteiger partial charge in [0.05, 0.1) is 12.7 Å². The predicted octanol–water partition coefficient (Wildman–Crippen LogP) is 2.59. The molecular weight excluding hydrogens is 200 g/mol. The van der Waals surface area contributed by atoms with E-state index in [-0.39, 0.29) is 6.10 Å². The molecule has 1 saturated carbocycles. The Balaban J connectivity index is 1.83. The number of rotatable bonds is 3. The number of benzene rings is 1. The van der Waals surface area contributed by atoms with Crippen LogP contribution in [0, 0.1) is 0 Å². The summed E-state index contributed by atoms with van der Waals surface area (Å²) in [6.07, 6.45) is 1.27. The maximum atomic E-state index is 10.7. The molecule has 0 amide bonds. The molecule has 2 nitrogen and oxygen atoms in total. The molecule has 0 aliphatic heterocycles. The zero-order valence-electron chi connectivity index (χ0n) is 7.70. The Morgan fingerprint density at radius 3 is 2.86 bits per heavy atom. The Kier molecular flexibility index (Phi) is 2.85. The van der Waals surface area contributed by atoms with Crippen molar-refractivity contribution in [3.05, 3.63) is 34.9 Å². The summed E-state index contributed by atoms with van der Waals surface area (Å²) in [5.74, 6) is 0.293. The van der Waals surface area contributed by atoms with Crippen molar-refractivity contribution in [1.82, 2.24) is 0 Å². The molecule has 0 bridgehead atoms. The van der Waals surface area contributed by atoms with E-state index in [1.807, 2.05) is 24.3 Å². The van der Waals surface area contributed by atoms with Gasteiger partial charge in [-0.1, -0.05) is 23.7 Å². The maximum absolute atomic E-state index is 10.7. The van der Waals surface area contributed by atoms with Crippen molar-refractivity contribution < 1.29 is 9.53 Å². The third-order valence-corrected chi connectivity index (χ3v) is 2.52. The molecule has 0 heterocycles. The highest BCUT2D eigenvalue weighted by atomic mass is 35.5. The average Bonchev–Trinajstić information content (AvgIpc) is 2.11. The summed E-state index contributed by atoms with van der Waals surface area (Å²) in [7, 11) is 0. The van der Waals surface area contributed by atoms with E-state index < -0.39 is 0 Å². The minimum atomic E-state index is 0.126. The highest BCUT2D eigenvalue weighted by Crippen LogP contribution is 2.20. The van der Waals surface area contributed by atoms with Crippen LogP contribution in [0.2, 0.25) is 5.02 Å². The van der Waals surface area contributed by atoms with Crippen LogP contribution >= 0.6 is 11.6 Å². The lowest BCUT2D eigenvalue weighted by atomic mass is 9.94. The normalized spacial score (nSPS) is 16.8. The Morgan fingerprint density at radius 1 is 1.43 bits per heavy atom. The first kappa shape index (κ1) is 9.69. The van der Waals surface area contributed by atoms with E-state index in [2.05, 4.69) is 0 Å². The Bertz CT molecular complexity index is 341. The Morgan fingerprint density at radius 2 is 2.21 bits per heavy atom. The van der Waals surface area contributed by atoms with Crippen LogP contribution in [0.1, 0.15) is 18.4 Å². The van der Waals surface area contributed by atoms with E-state index in [9.17, 15) is 4.79 Å². The highest BCUT2D eigenvalue weighted by Gasteiger charge is 2.26. The van der Waals surface area contributed by atoms with Gasteiger partial charge in [-0.2, -0.15) is 0 Å². The molecule has 1 aromatic rings. The zero-order valence-corrected chi connectivity index (χ0v) is 8.46. The molecule has 0 aromatic heterocycles. The van der Waals surface area contributed by atoms with Crippen LogP contribution in [0.4, 0.5) is 0 Å². The number of carbonyl (C=O) groups is 1. The van der Waals surface area contributed by atoms with E-state index >= 15 is 0 Å². The number of ketones is 1. The first-order valence-corrected chi connectivity index (χ1v) is 4.99. The van der Waals surface area contributed by atoms with E-state index in [4.69, 9.17) is 16.3 Å². The maximum Gasteiger partial charge on any atom is 0.138 e. The van der Waals surface area contributed by atoms with Crippen LogP contribution in [0.3, 0.4) is 0 Å². The lowest BCUT2D eigenvalue weighted by Crippen LogP contribution is -2.31. The van der Waals surface area contributed by atoms with Crippen LogP contribution in [-0.2, 0) is 16.1 Å². The number of carbonyl (C=O) groups excluding carboxylic acids is 1. The molecule has 0 spiro atoms. The molecule has 0 saturated heterocycles. The van der Waals surface area contributed by atoms with Gasteiger partial charge in [0.25, 0.3) is 0 Å². The van der Waals surface area contributed by atoms with E-state index in [1.165, 1.54) is 0 Å². The average molecular weight is 211 g/mol. The monoisotopic (exact) mass is 210 g/mol. The van der Waals surface area contributed by atoms with Gasteiger partial charge in [0, 0.05) is 17.9 Å². The zero-order chi connectivity index (χ0) is 9.97. The first-order valence-electron chi connectivity index (χ1n) is 4.62. The van der Waals surface area contributed by atoms with Gasteiger partial charge in [0.1, 0.15) is 5.78 Å². The second kappa shape index (κ2) is 4.11. The molecule has 0 radical (unpaired) electrons. The minimum absolute atomic E-state index is 0.126. The molecule has 1 aliphatic carbocycles. The van der Waals surface area contributed by atoms with Crippen molar-refractivity contribution in [2.75, 3.05) is 0 Å². The summed E-state index contributed by atoms with van der Waals surface area (Å²) in [6.45, 7) is 0.540. The van der Waals surface area contributed by atoms with Crippen molar-refractivity contribution >= 4 is 17.4 Å². The van der Waals surface area contributed by atoms with Gasteiger partial charge in [-0.25, -0.2) is 0 Å². The van der Waals surface area contributed by atoms with E-state index in [0.717, 1.165) is 10.6 Å². The third-order valence-electron chi connectivity index (χ3n) is 2.29. The smallest absolute Gasteiger partial charge is 0.138 e. The largest absolute Gasteiger partial charge is 0.373 e. The highest BCUT2D eigenvalue weighted by molar-refractivity contribution is 6.30. The van der Waals surface area contributed by atoms with Gasteiger partial charge in [0.15, 0.2) is 0 Å². The predicted molar refractivity (Wildman–Crippen MR) is 54.3 cm³/mol. The number of hydrogen-bond donors (Lipinski definition) is 0. The van der Waals surface area contributed by atoms with Crippen molar-refractivity contribution in [3.63, 3.8) is 0 Å². The van der Waals surface area contributed by atoms with E-state index in [0.29, 0.717) is 25.2 Å². The molecule has 0 atom stereocenters. The number of Topliss-reactive ketones (excluding diaryl/α,β-unsaturated/α-hetero) is 1. The van der Waals surface area contributed by atoms with Crippen LogP contribution in [0.5, 0.6) is 0 Å². The first-order chi connectivity index (χ1) is 6.74. The molecule has 1 fully saturated rings. The number of hydrogen-bond acceptors (Lipinski definition) is 2. The Hall–Kier alpha value is -0.860. The topological polar surface area (TPSA) is 26.3 Å². The van der Waals surface area contributed by atoms with Gasteiger partial charge in [-0.05, 0) is 17.7 Å². The molecular formula is C11H11ClO2. The van der Waals surface area contributed by atoms with Gasteiger partial charge < -0.3 is 4.74 Å². The molecule has 1 aliphatic rings. The minimum Gasteiger partial charge on any atom is -0.373 e. The molecule has 2 rings (SSSR count). The second-order valence-electron chi connectivity index (χ2n) is 3.51. The van der Waals surface area contributed by atoms with Crippen molar-refractivity contribution in [2.45, 2.75) is 25.6 Å². The molecule has 3 heteroatoms. The second-order valence-corrected chi connectivity index (χ2v) is 3.95. The van der Waals surface area contributed by atoms with Crippen LogP contribution < -0.4 is 0 Å². The summed E-state index contributed by atoms with van der Waals surface area (Å²) < 4.78 is 5.51. The standard InChI is InChI=1S/C11H11ClO2/c12-9-3-1-2-8(4-9)7-14-11-5-10(13)6-11/h1-4,11H,5-7H2. The fourth-order valence-corrected chi connectivity index (χ4v) is 1.62. The fourth-order valence-electron chi connectivity index (χ4n) is 1.41. The summed E-state index contributed by atoms with van der Waals surface area (Å²) in [5.41, 5.74) is 1.05. The summed E-state index contributed by atoms with van der Waals surface area (Å²) in [4.78, 5) is 10.7. The summed E-state index contributed by atoms with van der Waals surface area (Å²) in [6, 6.07) is 7.57. The molecule has 1 aromatic carbocycles. The fraction of sp³-hybridized carbons (Fsp3) is 0.364. The molecule has 0 unspecified atom stereocenters. The van der Waals surface area contributed by atoms with Gasteiger partial charge >= 0.3 is 0 Å². The van der Waals surface area contributed by atoms with Crippen molar-refractivity contribution in [3.8, 4) is 0 Å². The van der Waals surface area contributed by atoms with Gasteiger partial charge in [-0.15, -0.1) is 0 Å².